The standard InChI is InChI=1S/C19H20N8O7/c20-18-26-13-12(15(29)27-18)24-10(7-23-13)6-22-9-3-1-8(2-4-9)14(28)25-11(16(30)31)5-19(21,34)17(32)33/h1-4,7,11,22,34H,5-6,21H2,(H,25,28)(H,30,31)(H,32,33)(H3,20,23,26,27,29). The van der Waals surface area contributed by atoms with Crippen LogP contribution in [0.2, 0.25) is 0 Å². The van der Waals surface area contributed by atoms with Gasteiger partial charge in [-0.3, -0.25) is 20.3 Å². The fraction of sp³-hybridized carbons (Fsp3) is 0.211. The molecule has 2 unspecified atom stereocenters. The highest BCUT2D eigenvalue weighted by atomic mass is 16.4. The maximum Gasteiger partial charge on any atom is 0.351 e. The predicted octanol–water partition coefficient (Wildman–Crippen LogP) is -1.79. The lowest BCUT2D eigenvalue weighted by molar-refractivity contribution is -0.160. The number of carbonyl (C=O) groups excluding carboxylic acids is 1. The van der Waals surface area contributed by atoms with E-state index in [4.69, 9.17) is 16.6 Å². The summed E-state index contributed by atoms with van der Waals surface area (Å²) in [4.78, 5) is 61.0. The van der Waals surface area contributed by atoms with Crippen LogP contribution in [-0.2, 0) is 16.1 Å². The highest BCUT2D eigenvalue weighted by Gasteiger charge is 2.37. The van der Waals surface area contributed by atoms with E-state index in [1.807, 2.05) is 0 Å². The quantitative estimate of drug-likeness (QED) is 0.160. The summed E-state index contributed by atoms with van der Waals surface area (Å²) < 4.78 is 0. The summed E-state index contributed by atoms with van der Waals surface area (Å²) in [6, 6.07) is 4.11. The van der Waals surface area contributed by atoms with Crippen molar-refractivity contribution in [3.63, 3.8) is 0 Å². The molecule has 2 heterocycles. The number of nitrogens with zero attached hydrogens (tertiary/aromatic N) is 3. The molecule has 15 nitrogen and oxygen atoms in total. The van der Waals surface area contributed by atoms with Crippen molar-refractivity contribution in [1.82, 2.24) is 25.3 Å². The average molecular weight is 472 g/mol. The molecule has 10 N–H and O–H groups in total. The van der Waals surface area contributed by atoms with E-state index in [-0.39, 0.29) is 29.2 Å². The van der Waals surface area contributed by atoms with Crippen molar-refractivity contribution >= 4 is 40.6 Å². The minimum absolute atomic E-state index is 0.0285. The van der Waals surface area contributed by atoms with Crippen LogP contribution in [0.1, 0.15) is 22.5 Å². The van der Waals surface area contributed by atoms with Crippen molar-refractivity contribution < 1.29 is 29.7 Å². The Morgan fingerprint density at radius 2 is 1.82 bits per heavy atom. The minimum atomic E-state index is -2.83. The molecule has 15 heteroatoms. The Bertz CT molecular complexity index is 1310. The average Bonchev–Trinajstić information content (AvgIpc) is 2.77. The molecular formula is C19H20N8O7. The summed E-state index contributed by atoms with van der Waals surface area (Å²) in [5, 5.41) is 32.8. The number of aromatic nitrogens is 4. The first kappa shape index (κ1) is 24.0. The van der Waals surface area contributed by atoms with Crippen LogP contribution in [-0.4, -0.2) is 64.9 Å². The fourth-order valence-corrected chi connectivity index (χ4v) is 2.83. The first-order valence-corrected chi connectivity index (χ1v) is 9.60. The Labute approximate surface area is 189 Å². The van der Waals surface area contributed by atoms with Gasteiger partial charge >= 0.3 is 11.9 Å². The number of benzene rings is 1. The number of amides is 1. The van der Waals surface area contributed by atoms with Crippen LogP contribution in [0.3, 0.4) is 0 Å². The SMILES string of the molecule is Nc1nc2ncc(CNc3ccc(C(=O)NC(CC(N)(O)C(=O)O)C(=O)O)cc3)nc2c(=O)[nH]1. The van der Waals surface area contributed by atoms with E-state index in [0.29, 0.717) is 11.4 Å². The van der Waals surface area contributed by atoms with Crippen LogP contribution in [0.5, 0.6) is 0 Å². The normalized spacial score (nSPS) is 13.6. The Morgan fingerprint density at radius 1 is 1.15 bits per heavy atom. The molecule has 0 saturated heterocycles. The molecule has 34 heavy (non-hydrogen) atoms. The van der Waals surface area contributed by atoms with Gasteiger partial charge < -0.3 is 31.7 Å². The van der Waals surface area contributed by atoms with E-state index in [1.54, 1.807) is 0 Å². The first-order valence-electron chi connectivity index (χ1n) is 9.60. The van der Waals surface area contributed by atoms with E-state index in [0.717, 1.165) is 0 Å². The highest BCUT2D eigenvalue weighted by molar-refractivity contribution is 5.97. The molecule has 3 rings (SSSR count). The van der Waals surface area contributed by atoms with Gasteiger partial charge in [0, 0.05) is 17.7 Å². The number of carbonyl (C=O) groups is 3. The van der Waals surface area contributed by atoms with Crippen molar-refractivity contribution in [1.29, 1.82) is 0 Å². The van der Waals surface area contributed by atoms with Gasteiger partial charge in [-0.05, 0) is 24.3 Å². The largest absolute Gasteiger partial charge is 0.480 e. The van der Waals surface area contributed by atoms with E-state index >= 15 is 0 Å². The van der Waals surface area contributed by atoms with Gasteiger partial charge in [0.05, 0.1) is 18.4 Å². The summed E-state index contributed by atoms with van der Waals surface area (Å²) >= 11 is 0. The van der Waals surface area contributed by atoms with Crippen LogP contribution in [0.25, 0.3) is 11.2 Å². The molecule has 0 bridgehead atoms. The van der Waals surface area contributed by atoms with Gasteiger partial charge in [0.25, 0.3) is 11.5 Å². The van der Waals surface area contributed by atoms with Crippen molar-refractivity contribution in [2.45, 2.75) is 24.7 Å². The molecule has 2 atom stereocenters. The molecule has 2 aromatic heterocycles. The second-order valence-corrected chi connectivity index (χ2v) is 7.21. The number of nitrogen functional groups attached to an aromatic ring is 1. The lowest BCUT2D eigenvalue weighted by Gasteiger charge is -2.22. The molecule has 0 aliphatic carbocycles. The molecular weight excluding hydrogens is 452 g/mol. The number of fused-ring (bicyclic) bond motifs is 1. The van der Waals surface area contributed by atoms with Gasteiger partial charge in [-0.15, -0.1) is 0 Å². The number of aliphatic hydroxyl groups is 1. The summed E-state index contributed by atoms with van der Waals surface area (Å²) in [6.45, 7) is 0.184. The number of carboxylic acids is 2. The Balaban J connectivity index is 1.64. The van der Waals surface area contributed by atoms with E-state index in [2.05, 4.69) is 30.6 Å². The van der Waals surface area contributed by atoms with Crippen LogP contribution in [0.15, 0.2) is 35.3 Å². The van der Waals surface area contributed by atoms with E-state index in [9.17, 15) is 29.4 Å². The molecule has 178 valence electrons. The molecule has 0 aliphatic heterocycles. The number of nitrogens with two attached hydrogens (primary N) is 2. The Hall–Kier alpha value is -4.63. The van der Waals surface area contributed by atoms with Gasteiger partial charge in [-0.2, -0.15) is 4.98 Å². The first-order chi connectivity index (χ1) is 16.0. The Morgan fingerprint density at radius 3 is 2.44 bits per heavy atom. The second kappa shape index (κ2) is 9.47. The van der Waals surface area contributed by atoms with Gasteiger partial charge in [0.15, 0.2) is 11.2 Å². The lowest BCUT2D eigenvalue weighted by Crippen LogP contribution is -2.55. The second-order valence-electron chi connectivity index (χ2n) is 7.21. The van der Waals surface area contributed by atoms with Crippen molar-refractivity contribution in [3.05, 3.63) is 52.1 Å². The van der Waals surface area contributed by atoms with Gasteiger partial charge in [-0.1, -0.05) is 0 Å². The Kier molecular flexibility index (Phi) is 6.69. The molecule has 0 aliphatic rings. The van der Waals surface area contributed by atoms with Crippen LogP contribution in [0.4, 0.5) is 11.6 Å². The minimum Gasteiger partial charge on any atom is -0.480 e. The number of hydrogen-bond donors (Lipinski definition) is 8. The number of aliphatic carboxylic acids is 2. The maximum absolute atomic E-state index is 12.4. The van der Waals surface area contributed by atoms with Gasteiger partial charge in [-0.25, -0.2) is 19.6 Å². The van der Waals surface area contributed by atoms with Crippen LogP contribution < -0.4 is 27.7 Å². The van der Waals surface area contributed by atoms with Gasteiger partial charge in [0.1, 0.15) is 6.04 Å². The third kappa shape index (κ3) is 5.59. The van der Waals surface area contributed by atoms with Crippen molar-refractivity contribution in [2.24, 2.45) is 5.73 Å². The lowest BCUT2D eigenvalue weighted by atomic mass is 10.0. The van der Waals surface area contributed by atoms with Crippen molar-refractivity contribution in [2.75, 3.05) is 11.1 Å². The molecule has 3 aromatic rings. The number of nitrogens with one attached hydrogen (secondary N) is 3. The molecule has 0 fully saturated rings. The predicted molar refractivity (Wildman–Crippen MR) is 116 cm³/mol. The number of aromatic amines is 1. The van der Waals surface area contributed by atoms with Crippen LogP contribution in [0, 0.1) is 0 Å². The molecule has 0 saturated carbocycles. The molecule has 1 aromatic carbocycles. The van der Waals surface area contributed by atoms with Crippen molar-refractivity contribution in [3.8, 4) is 0 Å². The number of hydrogen-bond acceptors (Lipinski definition) is 11. The summed E-state index contributed by atoms with van der Waals surface area (Å²) in [5.41, 5.74) is 8.48. The third-order valence-electron chi connectivity index (χ3n) is 4.60. The number of H-pyrrole nitrogens is 1. The smallest absolute Gasteiger partial charge is 0.351 e. The molecule has 1 amide bonds. The summed E-state index contributed by atoms with van der Waals surface area (Å²) in [5.74, 6) is -4.28. The maximum atomic E-state index is 12.4. The third-order valence-corrected chi connectivity index (χ3v) is 4.60. The molecule has 0 spiro atoms. The monoisotopic (exact) mass is 472 g/mol. The zero-order valence-electron chi connectivity index (χ0n) is 17.3. The van der Waals surface area contributed by atoms with Crippen LogP contribution >= 0.6 is 0 Å². The van der Waals surface area contributed by atoms with E-state index < -0.39 is 41.6 Å². The number of anilines is 2. The number of rotatable bonds is 9. The topological polar surface area (TPSA) is 260 Å². The number of carboxylic acid groups (broad SMARTS) is 2. The highest BCUT2D eigenvalue weighted by Crippen LogP contribution is 2.13. The zero-order chi connectivity index (χ0) is 25.0. The van der Waals surface area contributed by atoms with E-state index in [1.165, 1.54) is 30.5 Å². The molecule has 0 radical (unpaired) electrons. The summed E-state index contributed by atoms with van der Waals surface area (Å²) in [6.07, 6.45) is 0.478. The zero-order valence-corrected chi connectivity index (χ0v) is 17.3. The summed E-state index contributed by atoms with van der Waals surface area (Å²) in [7, 11) is 0. The van der Waals surface area contributed by atoms with Gasteiger partial charge in [0.2, 0.25) is 11.7 Å². The fourth-order valence-electron chi connectivity index (χ4n) is 2.83.